The average Bonchev–Trinajstić information content (AvgIpc) is 2.42. The molecule has 402 valence electrons. The summed E-state index contributed by atoms with van der Waals surface area (Å²) in [5, 5.41) is 1.27. The zero-order chi connectivity index (χ0) is 55.4. The summed E-state index contributed by atoms with van der Waals surface area (Å²) < 4.78 is 7.77. The first-order chi connectivity index (χ1) is 36.3. The van der Waals surface area contributed by atoms with Gasteiger partial charge in [-0.25, -0.2) is 0 Å². The van der Waals surface area contributed by atoms with E-state index in [0.717, 1.165) is 43.6 Å². The molecule has 1 atom stereocenters. The van der Waals surface area contributed by atoms with Crippen LogP contribution in [0.2, 0.25) is 0 Å². The van der Waals surface area contributed by atoms with Gasteiger partial charge in [-0.05, 0) is 233 Å². The molecule has 7 aromatic rings. The monoisotopic (exact) mass is 1030 g/mol. The number of rotatable bonds is 1. The van der Waals surface area contributed by atoms with Crippen LogP contribution >= 0.6 is 0 Å². The number of benzene rings is 6. The molecule has 6 aromatic carbocycles. The Balaban J connectivity index is 1.16. The Morgan fingerprint density at radius 2 is 0.923 bits per heavy atom. The predicted molar refractivity (Wildman–Crippen MR) is 333 cm³/mol. The van der Waals surface area contributed by atoms with Crippen LogP contribution in [0.1, 0.15) is 225 Å². The number of fused-ring (bicyclic) bond motifs is 10. The molecule has 0 spiro atoms. The van der Waals surface area contributed by atoms with Crippen molar-refractivity contribution in [3.63, 3.8) is 0 Å². The van der Waals surface area contributed by atoms with Crippen molar-refractivity contribution >= 4 is 68.4 Å². The fourth-order valence-corrected chi connectivity index (χ4v) is 17.6. The van der Waals surface area contributed by atoms with Gasteiger partial charge >= 0.3 is 0 Å². The molecule has 0 fully saturated rings. The molecule has 4 aliphatic heterocycles. The van der Waals surface area contributed by atoms with E-state index in [1.807, 2.05) is 0 Å². The van der Waals surface area contributed by atoms with Gasteiger partial charge in [-0.2, -0.15) is 0 Å². The molecule has 0 amide bonds. The fourth-order valence-electron chi connectivity index (χ4n) is 17.6. The first-order valence-corrected chi connectivity index (χ1v) is 30.3. The van der Waals surface area contributed by atoms with Crippen LogP contribution < -0.4 is 26.2 Å². The summed E-state index contributed by atoms with van der Waals surface area (Å²) in [6, 6.07) is 38.5. The van der Waals surface area contributed by atoms with Gasteiger partial charge < -0.3 is 9.32 Å². The maximum atomic E-state index is 7.77. The quantitative estimate of drug-likeness (QED) is 0.153. The van der Waals surface area contributed by atoms with E-state index in [1.54, 1.807) is 0 Å². The lowest BCUT2D eigenvalue weighted by molar-refractivity contribution is 0.134. The highest BCUT2D eigenvalue weighted by Crippen LogP contribution is 2.60. The molecule has 8 aliphatic rings. The van der Waals surface area contributed by atoms with Crippen molar-refractivity contribution < 1.29 is 4.42 Å². The lowest BCUT2D eigenvalue weighted by Gasteiger charge is -2.54. The summed E-state index contributed by atoms with van der Waals surface area (Å²) >= 11 is 0. The second-order valence-corrected chi connectivity index (χ2v) is 32.1. The van der Waals surface area contributed by atoms with Gasteiger partial charge in [-0.1, -0.05) is 161 Å². The molecule has 0 saturated heterocycles. The third-order valence-electron chi connectivity index (χ3n) is 23.1. The highest BCUT2D eigenvalue weighted by Gasteiger charge is 2.54. The van der Waals surface area contributed by atoms with Crippen molar-refractivity contribution in [1.82, 2.24) is 0 Å². The van der Waals surface area contributed by atoms with E-state index < -0.39 is 0 Å². The third-order valence-corrected chi connectivity index (χ3v) is 23.1. The van der Waals surface area contributed by atoms with Gasteiger partial charge in [-0.3, -0.25) is 4.90 Å². The number of hydrogen-bond acceptors (Lipinski definition) is 3. The maximum Gasteiger partial charge on any atom is 0.257 e. The molecule has 1 unspecified atom stereocenters. The van der Waals surface area contributed by atoms with E-state index in [2.05, 4.69) is 232 Å². The topological polar surface area (TPSA) is 19.6 Å². The number of nitrogens with zero attached hydrogens (tertiary/aromatic N) is 2. The van der Waals surface area contributed by atoms with Crippen molar-refractivity contribution in [2.24, 2.45) is 5.92 Å². The molecule has 15 rings (SSSR count). The minimum absolute atomic E-state index is 0.00882. The summed E-state index contributed by atoms with van der Waals surface area (Å²) in [4.78, 5) is 5.39. The van der Waals surface area contributed by atoms with Crippen molar-refractivity contribution in [1.29, 1.82) is 0 Å². The largest absolute Gasteiger partial charge is 0.440 e. The summed E-state index contributed by atoms with van der Waals surface area (Å²) in [6.45, 7) is 47.4. The van der Waals surface area contributed by atoms with Crippen LogP contribution in [0, 0.1) is 12.8 Å². The number of furan rings is 1. The minimum atomic E-state index is -0.131. The lowest BCUT2D eigenvalue weighted by Crippen LogP contribution is -2.62. The molecule has 3 nitrogen and oxygen atoms in total. The van der Waals surface area contributed by atoms with Crippen LogP contribution in [0.15, 0.2) is 95.4 Å². The minimum Gasteiger partial charge on any atom is -0.440 e. The molecule has 5 heterocycles. The number of anilines is 6. The fraction of sp³-hybridized carbons (Fsp3) is 0.486. The van der Waals surface area contributed by atoms with E-state index in [0.29, 0.717) is 5.92 Å². The smallest absolute Gasteiger partial charge is 0.257 e. The molecule has 4 aliphatic carbocycles. The Kier molecular flexibility index (Phi) is 9.94. The van der Waals surface area contributed by atoms with Crippen molar-refractivity contribution in [3.8, 4) is 11.1 Å². The third kappa shape index (κ3) is 6.70. The predicted octanol–water partition coefficient (Wildman–Crippen LogP) is 18.4. The van der Waals surface area contributed by atoms with Gasteiger partial charge in [0.15, 0.2) is 0 Å². The second kappa shape index (κ2) is 15.3. The van der Waals surface area contributed by atoms with E-state index in [-0.39, 0.29) is 55.4 Å². The Morgan fingerprint density at radius 1 is 0.423 bits per heavy atom. The summed E-state index contributed by atoms with van der Waals surface area (Å²) in [5.74, 6) is 1.37. The van der Waals surface area contributed by atoms with Gasteiger partial charge in [-0.15, -0.1) is 0 Å². The van der Waals surface area contributed by atoms with E-state index in [4.69, 9.17) is 4.42 Å². The van der Waals surface area contributed by atoms with Crippen LogP contribution in [0.25, 0.3) is 22.1 Å². The second-order valence-electron chi connectivity index (χ2n) is 32.1. The van der Waals surface area contributed by atoms with Gasteiger partial charge in [0, 0.05) is 39.2 Å². The zero-order valence-electron chi connectivity index (χ0n) is 51.1. The van der Waals surface area contributed by atoms with Gasteiger partial charge in [0.2, 0.25) is 5.88 Å². The number of hydrogen-bond donors (Lipinski definition) is 0. The maximum absolute atomic E-state index is 7.77. The first kappa shape index (κ1) is 50.7. The highest BCUT2D eigenvalue weighted by atomic mass is 16.4. The Labute approximate surface area is 469 Å². The van der Waals surface area contributed by atoms with Gasteiger partial charge in [0.25, 0.3) is 6.71 Å². The molecule has 0 radical (unpaired) electrons. The molecule has 78 heavy (non-hydrogen) atoms. The molecular formula is C74H87BN2O. The van der Waals surface area contributed by atoms with E-state index >= 15 is 0 Å². The van der Waals surface area contributed by atoms with Crippen LogP contribution in [0.3, 0.4) is 0 Å². The van der Waals surface area contributed by atoms with Gasteiger partial charge in [0.05, 0.1) is 5.69 Å². The SMILES string of the molecule is Cc1cc2c3c(c1)N(c1ccc4c(c1)C(C)(C)CCC4(C)C)c1oc4cc5c(cc4c1B3c1cc3c4cc1N2c1cc2c(cc1-c1ccc(cc1)C(C)(C)C(CC3(C)C)C4(C)C)C(C)(C)CCC2(C)C)C(C)(C)CCC5(C)C. The highest BCUT2D eigenvalue weighted by molar-refractivity contribution is 7.01. The van der Waals surface area contributed by atoms with Crippen LogP contribution in [0.4, 0.5) is 34.3 Å². The summed E-state index contributed by atoms with van der Waals surface area (Å²) in [5.41, 5.74) is 28.5. The molecular weight excluding hydrogens is 944 g/mol. The molecule has 1 aromatic heterocycles. The molecule has 4 heteroatoms. The van der Waals surface area contributed by atoms with Crippen LogP contribution in [0.5, 0.6) is 0 Å². The van der Waals surface area contributed by atoms with Crippen molar-refractivity contribution in [3.05, 3.63) is 147 Å². The van der Waals surface area contributed by atoms with Crippen LogP contribution in [-0.2, 0) is 48.7 Å². The lowest BCUT2D eigenvalue weighted by atomic mass is 9.33. The molecule has 0 saturated carbocycles. The molecule has 0 N–H and O–H groups in total. The van der Waals surface area contributed by atoms with Crippen molar-refractivity contribution in [2.45, 2.75) is 225 Å². The van der Waals surface area contributed by atoms with Crippen molar-refractivity contribution in [2.75, 3.05) is 9.80 Å². The Bertz CT molecular complexity index is 3790. The normalized spacial score (nSPS) is 23.7. The summed E-state index contributed by atoms with van der Waals surface area (Å²) in [6.07, 6.45) is 8.09. The standard InChI is InChI=1S/C74H87BN2O/c1-42-32-59-64-60(33-42)77-57-38-53-50(68(6,7)28-30-70(53,10)11)35-46(57)43-20-22-44(23-21-43)73(16,17)62-41-72(14,15)52-37-56(58(77)39-55(52)74(62,18)19)75(64)63-47-36-51-54(71(12,13)31-29-69(51,8)9)40-61(47)78-65(63)76(59)45-24-25-48-49(34-45)67(4,5)27-26-66(48,2)3/h20-25,32-40,62H,26-31,41H2,1-19H3. The van der Waals surface area contributed by atoms with E-state index in [9.17, 15) is 0 Å². The first-order valence-electron chi connectivity index (χ1n) is 30.3. The van der Waals surface area contributed by atoms with Gasteiger partial charge in [0.1, 0.15) is 5.58 Å². The van der Waals surface area contributed by atoms with E-state index in [1.165, 1.54) is 130 Å². The zero-order valence-corrected chi connectivity index (χ0v) is 51.1. The Morgan fingerprint density at radius 3 is 1.53 bits per heavy atom. The summed E-state index contributed by atoms with van der Waals surface area (Å²) in [7, 11) is 0. The Hall–Kier alpha value is -5.48. The average molecular weight is 1030 g/mol. The van der Waals surface area contributed by atoms with Crippen LogP contribution in [-0.4, -0.2) is 6.71 Å². The molecule has 5 bridgehead atoms. The number of aryl methyl sites for hydroxylation is 1.